The van der Waals surface area contributed by atoms with Gasteiger partial charge in [0, 0.05) is 37.2 Å². The van der Waals surface area contributed by atoms with Gasteiger partial charge >= 0.3 is 0 Å². The first kappa shape index (κ1) is 22.8. The number of amides is 1. The van der Waals surface area contributed by atoms with Gasteiger partial charge in [-0.15, -0.1) is 0 Å². The van der Waals surface area contributed by atoms with Gasteiger partial charge in [0.1, 0.15) is 11.4 Å². The van der Waals surface area contributed by atoms with Crippen LogP contribution in [-0.2, 0) is 6.54 Å². The summed E-state index contributed by atoms with van der Waals surface area (Å²) in [6.45, 7) is 0.729. The molecule has 0 bridgehead atoms. The molecule has 3 aromatic rings. The summed E-state index contributed by atoms with van der Waals surface area (Å²) in [5, 5.41) is 4.22. The van der Waals surface area contributed by atoms with Gasteiger partial charge in [-0.3, -0.25) is 9.78 Å². The van der Waals surface area contributed by atoms with Crippen molar-refractivity contribution in [2.45, 2.75) is 76.4 Å². The van der Waals surface area contributed by atoms with E-state index in [1.807, 2.05) is 24.5 Å². The first-order chi connectivity index (χ1) is 16.6. The fourth-order valence-electron chi connectivity index (χ4n) is 5.87. The van der Waals surface area contributed by atoms with E-state index in [1.165, 1.54) is 51.1 Å². The fraction of sp³-hybridized carbons (Fsp3) is 0.538. The zero-order chi connectivity index (χ0) is 23.5. The molecule has 8 heteroatoms. The van der Waals surface area contributed by atoms with Crippen molar-refractivity contribution < 1.29 is 4.79 Å². The van der Waals surface area contributed by atoms with Crippen LogP contribution in [0.25, 0.3) is 5.65 Å². The smallest absolute Gasteiger partial charge is 0.254 e. The second-order valence-electron chi connectivity index (χ2n) is 10.2. The normalized spacial score (nSPS) is 25.3. The Bertz CT molecular complexity index is 1100. The number of carbonyl (C=O) groups excluding carboxylic acids is 1. The lowest BCUT2D eigenvalue weighted by Gasteiger charge is -2.39. The highest BCUT2D eigenvalue weighted by Gasteiger charge is 2.30. The lowest BCUT2D eigenvalue weighted by Crippen LogP contribution is -2.39. The summed E-state index contributed by atoms with van der Waals surface area (Å²) in [7, 11) is 0. The second kappa shape index (κ2) is 10.1. The van der Waals surface area contributed by atoms with E-state index in [9.17, 15) is 4.79 Å². The highest BCUT2D eigenvalue weighted by molar-refractivity contribution is 5.98. The molecule has 34 heavy (non-hydrogen) atoms. The van der Waals surface area contributed by atoms with Crippen LogP contribution in [0, 0.1) is 11.8 Å². The molecule has 0 spiro atoms. The van der Waals surface area contributed by atoms with E-state index >= 15 is 0 Å². The molecule has 0 atom stereocenters. The van der Waals surface area contributed by atoms with Crippen molar-refractivity contribution in [1.82, 2.24) is 19.6 Å². The summed E-state index contributed by atoms with van der Waals surface area (Å²) < 4.78 is 1.61. The van der Waals surface area contributed by atoms with Gasteiger partial charge in [-0.05, 0) is 87.3 Å². The molecule has 180 valence electrons. The third kappa shape index (κ3) is 5.06. The molecule has 0 radical (unpaired) electrons. The Morgan fingerprint density at radius 2 is 1.76 bits per heavy atom. The monoisotopic (exact) mass is 461 g/mol. The van der Waals surface area contributed by atoms with E-state index in [-0.39, 0.29) is 0 Å². The van der Waals surface area contributed by atoms with Gasteiger partial charge in [-0.25, -0.2) is 9.50 Å². The minimum absolute atomic E-state index is 0.346. The van der Waals surface area contributed by atoms with Crippen molar-refractivity contribution in [3.05, 3.63) is 54.1 Å². The summed E-state index contributed by atoms with van der Waals surface area (Å²) in [6.07, 6.45) is 18.2. The molecule has 8 nitrogen and oxygen atoms in total. The van der Waals surface area contributed by atoms with Crippen LogP contribution in [0.2, 0.25) is 0 Å². The summed E-state index contributed by atoms with van der Waals surface area (Å²) in [6, 6.07) is 6.87. The molecule has 0 aliphatic heterocycles. The number of pyridine rings is 1. The predicted octanol–water partition coefficient (Wildman–Crippen LogP) is 3.70. The second-order valence-corrected chi connectivity index (χ2v) is 10.2. The Balaban J connectivity index is 1.33. The van der Waals surface area contributed by atoms with E-state index in [0.717, 1.165) is 42.6 Å². The molecular formula is C26H35N7O. The first-order valence-corrected chi connectivity index (χ1v) is 12.6. The van der Waals surface area contributed by atoms with Crippen molar-refractivity contribution in [1.29, 1.82) is 0 Å². The summed E-state index contributed by atoms with van der Waals surface area (Å²) >= 11 is 0. The summed E-state index contributed by atoms with van der Waals surface area (Å²) in [5.74, 6) is 2.00. The molecule has 1 amide bonds. The maximum Gasteiger partial charge on any atom is 0.254 e. The molecule has 0 saturated heterocycles. The number of rotatable bonds is 7. The molecule has 4 N–H and O–H groups in total. The number of fused-ring (bicyclic) bond motifs is 1. The molecule has 3 aromatic heterocycles. The molecule has 0 unspecified atom stereocenters. The quantitative estimate of drug-likeness (QED) is 0.554. The van der Waals surface area contributed by atoms with E-state index in [1.54, 1.807) is 10.7 Å². The summed E-state index contributed by atoms with van der Waals surface area (Å²) in [5.41, 5.74) is 13.7. The average molecular weight is 462 g/mol. The zero-order valence-corrected chi connectivity index (χ0v) is 19.7. The van der Waals surface area contributed by atoms with E-state index in [4.69, 9.17) is 16.5 Å². The number of nitrogens with zero attached hydrogens (tertiary/aromatic N) is 5. The van der Waals surface area contributed by atoms with Crippen LogP contribution in [0.5, 0.6) is 0 Å². The lowest BCUT2D eigenvalue weighted by atomic mass is 9.75. The van der Waals surface area contributed by atoms with Gasteiger partial charge in [0.15, 0.2) is 5.65 Å². The van der Waals surface area contributed by atoms with Gasteiger partial charge < -0.3 is 16.4 Å². The largest absolute Gasteiger partial charge is 0.365 e. The topological polar surface area (TPSA) is 115 Å². The van der Waals surface area contributed by atoms with Crippen molar-refractivity contribution >= 4 is 17.4 Å². The maximum atomic E-state index is 11.9. The molecule has 3 heterocycles. The number of hydrogen-bond donors (Lipinski definition) is 2. The standard InChI is InChI=1S/C26H35N7O/c27-21-7-3-18(4-8-21)14-19-5-9-22(10-6-19)32(17-20-2-1-12-29-15-20)24-11-13-33-26(31-24)23(16-30-33)25(28)34/h1-2,11-13,15-16,18-19,21-22H,3-10,14,17,27H2,(H2,28,34). The number of aromatic nitrogens is 4. The number of primary amides is 1. The van der Waals surface area contributed by atoms with Gasteiger partial charge in [0.05, 0.1) is 6.20 Å². The number of hydrogen-bond acceptors (Lipinski definition) is 6. The van der Waals surface area contributed by atoms with Gasteiger partial charge in [-0.1, -0.05) is 6.07 Å². The third-order valence-electron chi connectivity index (χ3n) is 7.80. The van der Waals surface area contributed by atoms with Crippen LogP contribution in [-0.4, -0.2) is 37.6 Å². The van der Waals surface area contributed by atoms with Crippen LogP contribution in [0.1, 0.15) is 73.7 Å². The van der Waals surface area contributed by atoms with E-state index in [2.05, 4.69) is 21.0 Å². The molecule has 2 fully saturated rings. The van der Waals surface area contributed by atoms with Gasteiger partial charge in [-0.2, -0.15) is 5.10 Å². The van der Waals surface area contributed by atoms with Gasteiger partial charge in [0.25, 0.3) is 5.91 Å². The van der Waals surface area contributed by atoms with Crippen LogP contribution < -0.4 is 16.4 Å². The Labute approximate surface area is 200 Å². The van der Waals surface area contributed by atoms with Gasteiger partial charge in [0.2, 0.25) is 0 Å². The Morgan fingerprint density at radius 3 is 2.44 bits per heavy atom. The Kier molecular flexibility index (Phi) is 6.76. The van der Waals surface area contributed by atoms with Crippen molar-refractivity contribution in [2.24, 2.45) is 23.3 Å². The average Bonchev–Trinajstić information content (AvgIpc) is 3.29. The van der Waals surface area contributed by atoms with Crippen molar-refractivity contribution in [3.8, 4) is 0 Å². The molecule has 2 aliphatic rings. The van der Waals surface area contributed by atoms with Crippen LogP contribution in [0.4, 0.5) is 5.82 Å². The third-order valence-corrected chi connectivity index (χ3v) is 7.80. The van der Waals surface area contributed by atoms with E-state index < -0.39 is 5.91 Å². The minimum Gasteiger partial charge on any atom is -0.365 e. The van der Waals surface area contributed by atoms with E-state index in [0.29, 0.717) is 23.3 Å². The number of carbonyl (C=O) groups is 1. The first-order valence-electron chi connectivity index (χ1n) is 12.6. The molecular weight excluding hydrogens is 426 g/mol. The molecule has 2 saturated carbocycles. The number of anilines is 1. The lowest BCUT2D eigenvalue weighted by molar-refractivity contribution is 0.100. The maximum absolute atomic E-state index is 11.9. The highest BCUT2D eigenvalue weighted by Crippen LogP contribution is 2.37. The number of nitrogens with two attached hydrogens (primary N) is 2. The van der Waals surface area contributed by atoms with Crippen LogP contribution in [0.3, 0.4) is 0 Å². The predicted molar refractivity (Wildman–Crippen MR) is 132 cm³/mol. The molecule has 5 rings (SSSR count). The van der Waals surface area contributed by atoms with Crippen molar-refractivity contribution in [3.63, 3.8) is 0 Å². The summed E-state index contributed by atoms with van der Waals surface area (Å²) in [4.78, 5) is 23.4. The zero-order valence-electron chi connectivity index (χ0n) is 19.7. The molecule has 0 aromatic carbocycles. The SMILES string of the molecule is NC(=O)c1cnn2ccc(N(Cc3cccnc3)C3CCC(CC4CCC(N)CC4)CC3)nc12. The fourth-order valence-corrected chi connectivity index (χ4v) is 5.87. The van der Waals surface area contributed by atoms with Crippen molar-refractivity contribution in [2.75, 3.05) is 4.90 Å². The molecule has 2 aliphatic carbocycles. The Morgan fingerprint density at radius 1 is 1.03 bits per heavy atom. The van der Waals surface area contributed by atoms with Crippen LogP contribution in [0.15, 0.2) is 43.0 Å². The minimum atomic E-state index is -0.511. The highest BCUT2D eigenvalue weighted by atomic mass is 16.1. The Hall–Kier alpha value is -3.00. The van der Waals surface area contributed by atoms with Crippen LogP contribution >= 0.6 is 0 Å².